The summed E-state index contributed by atoms with van der Waals surface area (Å²) in [6, 6.07) is 6.58. The summed E-state index contributed by atoms with van der Waals surface area (Å²) in [6.07, 6.45) is 6.12. The number of aromatic amines is 1. The molecule has 0 aliphatic heterocycles. The lowest BCUT2D eigenvalue weighted by atomic mass is 9.99. The molecule has 1 aromatic carbocycles. The maximum Gasteiger partial charge on any atom is 0.113 e. The van der Waals surface area contributed by atoms with Crippen molar-refractivity contribution in [3.05, 3.63) is 53.1 Å². The minimum Gasteiger partial charge on any atom is -0.348 e. The minimum atomic E-state index is 0.481. The van der Waals surface area contributed by atoms with Crippen molar-refractivity contribution in [1.82, 2.24) is 9.97 Å². The van der Waals surface area contributed by atoms with E-state index in [4.69, 9.17) is 0 Å². The maximum absolute atomic E-state index is 4.37. The van der Waals surface area contributed by atoms with Crippen LogP contribution in [0.1, 0.15) is 34.9 Å². The van der Waals surface area contributed by atoms with Crippen LogP contribution in [0, 0.1) is 6.92 Å². The molecule has 0 amide bonds. The van der Waals surface area contributed by atoms with Crippen LogP contribution in [0.25, 0.3) is 0 Å². The van der Waals surface area contributed by atoms with Crippen molar-refractivity contribution >= 4 is 0 Å². The molecule has 1 unspecified atom stereocenters. The summed E-state index contributed by atoms with van der Waals surface area (Å²) >= 11 is 0. The average molecular weight is 198 g/mol. The zero-order valence-electron chi connectivity index (χ0n) is 8.83. The quantitative estimate of drug-likeness (QED) is 0.750. The van der Waals surface area contributed by atoms with Gasteiger partial charge in [-0.15, -0.1) is 0 Å². The Kier molecular flexibility index (Phi) is 1.88. The van der Waals surface area contributed by atoms with Crippen LogP contribution < -0.4 is 0 Å². The molecule has 0 radical (unpaired) electrons. The van der Waals surface area contributed by atoms with Gasteiger partial charge in [-0.3, -0.25) is 0 Å². The fourth-order valence-electron chi connectivity index (χ4n) is 2.59. The van der Waals surface area contributed by atoms with Gasteiger partial charge >= 0.3 is 0 Å². The van der Waals surface area contributed by atoms with E-state index < -0.39 is 0 Å². The first kappa shape index (κ1) is 8.72. The molecule has 0 saturated heterocycles. The Bertz CT molecular complexity index is 471. The molecule has 0 bridgehead atoms. The van der Waals surface area contributed by atoms with E-state index in [0.29, 0.717) is 5.92 Å². The lowest BCUT2D eigenvalue weighted by Crippen LogP contribution is -1.98. The first-order valence-corrected chi connectivity index (χ1v) is 5.44. The predicted molar refractivity (Wildman–Crippen MR) is 59.9 cm³/mol. The van der Waals surface area contributed by atoms with Gasteiger partial charge < -0.3 is 4.98 Å². The Balaban J connectivity index is 2.09. The van der Waals surface area contributed by atoms with Crippen molar-refractivity contribution in [2.45, 2.75) is 25.7 Å². The highest BCUT2D eigenvalue weighted by atomic mass is 14.9. The number of H-pyrrole nitrogens is 1. The van der Waals surface area contributed by atoms with Gasteiger partial charge in [-0.25, -0.2) is 4.98 Å². The SMILES string of the molecule is Cc1cccc2c1CCC2c1ncc[nH]1. The van der Waals surface area contributed by atoms with E-state index in [-0.39, 0.29) is 0 Å². The van der Waals surface area contributed by atoms with Crippen molar-refractivity contribution in [1.29, 1.82) is 0 Å². The van der Waals surface area contributed by atoms with Gasteiger partial charge in [0, 0.05) is 18.3 Å². The van der Waals surface area contributed by atoms with Crippen LogP contribution in [0.4, 0.5) is 0 Å². The molecule has 1 atom stereocenters. The maximum atomic E-state index is 4.37. The van der Waals surface area contributed by atoms with Gasteiger partial charge in [0.05, 0.1) is 0 Å². The zero-order valence-corrected chi connectivity index (χ0v) is 8.83. The van der Waals surface area contributed by atoms with Gasteiger partial charge in [-0.05, 0) is 36.5 Å². The first-order chi connectivity index (χ1) is 7.36. The van der Waals surface area contributed by atoms with Crippen LogP contribution in [0.3, 0.4) is 0 Å². The monoisotopic (exact) mass is 198 g/mol. The van der Waals surface area contributed by atoms with E-state index in [1.165, 1.54) is 29.5 Å². The van der Waals surface area contributed by atoms with Gasteiger partial charge in [0.15, 0.2) is 0 Å². The Morgan fingerprint density at radius 2 is 2.33 bits per heavy atom. The van der Waals surface area contributed by atoms with E-state index in [2.05, 4.69) is 35.1 Å². The molecule has 2 heteroatoms. The van der Waals surface area contributed by atoms with Crippen molar-refractivity contribution in [2.75, 3.05) is 0 Å². The third-order valence-corrected chi connectivity index (χ3v) is 3.35. The van der Waals surface area contributed by atoms with E-state index in [1.807, 2.05) is 12.4 Å². The molecule has 1 aliphatic carbocycles. The summed E-state index contributed by atoms with van der Waals surface area (Å²) in [4.78, 5) is 7.60. The summed E-state index contributed by atoms with van der Waals surface area (Å²) < 4.78 is 0. The van der Waals surface area contributed by atoms with Crippen LogP contribution in [0.15, 0.2) is 30.6 Å². The van der Waals surface area contributed by atoms with Crippen molar-refractivity contribution in [3.63, 3.8) is 0 Å². The van der Waals surface area contributed by atoms with Gasteiger partial charge in [-0.1, -0.05) is 18.2 Å². The highest BCUT2D eigenvalue weighted by Gasteiger charge is 2.26. The number of hydrogen-bond donors (Lipinski definition) is 1. The summed E-state index contributed by atoms with van der Waals surface area (Å²) in [5.74, 6) is 1.59. The van der Waals surface area contributed by atoms with Gasteiger partial charge in [0.1, 0.15) is 5.82 Å². The molecule has 15 heavy (non-hydrogen) atoms. The molecule has 2 aromatic rings. The standard InChI is InChI=1S/C13H14N2/c1-9-3-2-4-11-10(9)5-6-12(11)13-14-7-8-15-13/h2-4,7-8,12H,5-6H2,1H3,(H,14,15). The zero-order chi connectivity index (χ0) is 10.3. The molecular weight excluding hydrogens is 184 g/mol. The third kappa shape index (κ3) is 1.29. The number of nitrogens with zero attached hydrogens (tertiary/aromatic N) is 1. The highest BCUT2D eigenvalue weighted by Crippen LogP contribution is 2.37. The Morgan fingerprint density at radius 3 is 3.13 bits per heavy atom. The molecule has 1 N–H and O–H groups in total. The summed E-state index contributed by atoms with van der Waals surface area (Å²) in [7, 11) is 0. The smallest absolute Gasteiger partial charge is 0.113 e. The van der Waals surface area contributed by atoms with Gasteiger partial charge in [0.25, 0.3) is 0 Å². The highest BCUT2D eigenvalue weighted by molar-refractivity contribution is 5.43. The van der Waals surface area contributed by atoms with E-state index in [0.717, 1.165) is 5.82 Å². The number of rotatable bonds is 1. The average Bonchev–Trinajstić information content (AvgIpc) is 2.85. The largest absolute Gasteiger partial charge is 0.348 e. The number of imidazole rings is 1. The normalized spacial score (nSPS) is 19.1. The molecule has 1 heterocycles. The number of hydrogen-bond acceptors (Lipinski definition) is 1. The summed E-state index contributed by atoms with van der Waals surface area (Å²) in [5, 5.41) is 0. The second-order valence-electron chi connectivity index (χ2n) is 4.21. The summed E-state index contributed by atoms with van der Waals surface area (Å²) in [5.41, 5.74) is 4.41. The Hall–Kier alpha value is -1.57. The molecule has 76 valence electrons. The molecular formula is C13H14N2. The number of aromatic nitrogens is 2. The second-order valence-corrected chi connectivity index (χ2v) is 4.21. The van der Waals surface area contributed by atoms with Crippen LogP contribution in [-0.2, 0) is 6.42 Å². The van der Waals surface area contributed by atoms with Crippen molar-refractivity contribution < 1.29 is 0 Å². The number of aryl methyl sites for hydroxylation is 1. The van der Waals surface area contributed by atoms with Crippen molar-refractivity contribution in [3.8, 4) is 0 Å². The van der Waals surface area contributed by atoms with E-state index >= 15 is 0 Å². The minimum absolute atomic E-state index is 0.481. The van der Waals surface area contributed by atoms with E-state index in [1.54, 1.807) is 0 Å². The number of benzene rings is 1. The second kappa shape index (κ2) is 3.23. The lowest BCUT2D eigenvalue weighted by molar-refractivity contribution is 0.741. The first-order valence-electron chi connectivity index (χ1n) is 5.44. The molecule has 2 nitrogen and oxygen atoms in total. The van der Waals surface area contributed by atoms with Gasteiger partial charge in [0.2, 0.25) is 0 Å². The van der Waals surface area contributed by atoms with Gasteiger partial charge in [-0.2, -0.15) is 0 Å². The molecule has 1 aromatic heterocycles. The van der Waals surface area contributed by atoms with Crippen LogP contribution in [-0.4, -0.2) is 9.97 Å². The topological polar surface area (TPSA) is 28.7 Å². The summed E-state index contributed by atoms with van der Waals surface area (Å²) in [6.45, 7) is 2.20. The molecule has 1 aliphatic rings. The Labute approximate surface area is 89.4 Å². The molecule has 0 fully saturated rings. The molecule has 0 saturated carbocycles. The van der Waals surface area contributed by atoms with Crippen molar-refractivity contribution in [2.24, 2.45) is 0 Å². The number of nitrogens with one attached hydrogen (secondary N) is 1. The molecule has 0 spiro atoms. The predicted octanol–water partition coefficient (Wildman–Crippen LogP) is 2.80. The fraction of sp³-hybridized carbons (Fsp3) is 0.308. The lowest BCUT2D eigenvalue weighted by Gasteiger charge is -2.09. The number of fused-ring (bicyclic) bond motifs is 1. The van der Waals surface area contributed by atoms with Crippen LogP contribution in [0.2, 0.25) is 0 Å². The molecule has 3 rings (SSSR count). The Morgan fingerprint density at radius 1 is 1.40 bits per heavy atom. The third-order valence-electron chi connectivity index (χ3n) is 3.35. The van der Waals surface area contributed by atoms with E-state index in [9.17, 15) is 0 Å². The fourth-order valence-corrected chi connectivity index (χ4v) is 2.59. The van der Waals surface area contributed by atoms with Crippen LogP contribution >= 0.6 is 0 Å². The van der Waals surface area contributed by atoms with Crippen LogP contribution in [0.5, 0.6) is 0 Å².